The predicted octanol–water partition coefficient (Wildman–Crippen LogP) is 3.26. The molecule has 2 heteroatoms. The molecule has 0 spiro atoms. The number of aryl methyl sites for hydroxylation is 1. The zero-order valence-electron chi connectivity index (χ0n) is 11.1. The van der Waals surface area contributed by atoms with Crippen LogP contribution in [0.25, 0.3) is 0 Å². The lowest BCUT2D eigenvalue weighted by atomic mass is 10.1. The summed E-state index contributed by atoms with van der Waals surface area (Å²) in [6, 6.07) is 17.0. The van der Waals surface area contributed by atoms with E-state index in [4.69, 9.17) is 5.73 Å². The molecule has 0 aliphatic rings. The summed E-state index contributed by atoms with van der Waals surface area (Å²) in [5.74, 6) is 0. The van der Waals surface area contributed by atoms with Gasteiger partial charge in [0.2, 0.25) is 0 Å². The maximum Gasteiger partial charge on any atom is 0.0441 e. The first-order chi connectivity index (χ1) is 8.72. The van der Waals surface area contributed by atoms with Crippen molar-refractivity contribution in [1.29, 1.82) is 0 Å². The van der Waals surface area contributed by atoms with Gasteiger partial charge in [-0.25, -0.2) is 0 Å². The molecule has 0 fully saturated rings. The molecule has 94 valence electrons. The number of hydrogen-bond donors (Lipinski definition) is 1. The van der Waals surface area contributed by atoms with Crippen LogP contribution in [0.5, 0.6) is 0 Å². The van der Waals surface area contributed by atoms with Crippen molar-refractivity contribution in [2.45, 2.75) is 13.3 Å². The third-order valence-electron chi connectivity index (χ3n) is 3.19. The van der Waals surface area contributed by atoms with Gasteiger partial charge in [0.05, 0.1) is 0 Å². The summed E-state index contributed by atoms with van der Waals surface area (Å²) < 4.78 is 0. The van der Waals surface area contributed by atoms with Crippen molar-refractivity contribution in [3.8, 4) is 0 Å². The van der Waals surface area contributed by atoms with Crippen LogP contribution in [0.1, 0.15) is 11.1 Å². The molecule has 0 heterocycles. The van der Waals surface area contributed by atoms with Gasteiger partial charge < -0.3 is 10.6 Å². The van der Waals surface area contributed by atoms with E-state index >= 15 is 0 Å². The number of para-hydroxylation sites is 1. The van der Waals surface area contributed by atoms with Crippen LogP contribution < -0.4 is 10.6 Å². The van der Waals surface area contributed by atoms with Gasteiger partial charge in [0.25, 0.3) is 0 Å². The van der Waals surface area contributed by atoms with Crippen LogP contribution >= 0.6 is 0 Å². The van der Waals surface area contributed by atoms with E-state index in [2.05, 4.69) is 67.4 Å². The van der Waals surface area contributed by atoms with E-state index < -0.39 is 0 Å². The summed E-state index contributed by atoms with van der Waals surface area (Å²) in [4.78, 5) is 2.21. The van der Waals surface area contributed by atoms with E-state index in [0.717, 1.165) is 6.42 Å². The van der Waals surface area contributed by atoms with Crippen LogP contribution in [-0.2, 0) is 6.42 Å². The molecule has 0 aliphatic heterocycles. The van der Waals surface area contributed by atoms with Crippen LogP contribution in [0.4, 0.5) is 11.4 Å². The predicted molar refractivity (Wildman–Crippen MR) is 78.4 cm³/mol. The molecule has 0 saturated heterocycles. The van der Waals surface area contributed by atoms with Crippen molar-refractivity contribution in [3.05, 3.63) is 59.7 Å². The van der Waals surface area contributed by atoms with Gasteiger partial charge in [0.1, 0.15) is 0 Å². The number of benzene rings is 2. The SMILES string of the molecule is Cc1ccc(N(C)c2ccccc2CCN)cc1. The summed E-state index contributed by atoms with van der Waals surface area (Å²) in [6.45, 7) is 2.78. The van der Waals surface area contributed by atoms with Crippen LogP contribution in [0, 0.1) is 6.92 Å². The number of nitrogens with two attached hydrogens (primary N) is 1. The summed E-state index contributed by atoms with van der Waals surface area (Å²) in [5.41, 5.74) is 10.7. The fourth-order valence-electron chi connectivity index (χ4n) is 2.11. The van der Waals surface area contributed by atoms with E-state index in [0.29, 0.717) is 6.54 Å². The number of hydrogen-bond acceptors (Lipinski definition) is 2. The molecule has 0 aliphatic carbocycles. The van der Waals surface area contributed by atoms with Crippen molar-refractivity contribution in [3.63, 3.8) is 0 Å². The smallest absolute Gasteiger partial charge is 0.0441 e. The van der Waals surface area contributed by atoms with Crippen molar-refractivity contribution in [2.24, 2.45) is 5.73 Å². The molecular formula is C16H20N2. The Hall–Kier alpha value is -1.80. The lowest BCUT2D eigenvalue weighted by Gasteiger charge is -2.22. The summed E-state index contributed by atoms with van der Waals surface area (Å²) in [6.07, 6.45) is 0.909. The molecule has 0 saturated carbocycles. The monoisotopic (exact) mass is 240 g/mol. The Balaban J connectivity index is 2.33. The molecule has 0 atom stereocenters. The van der Waals surface area contributed by atoms with Crippen LogP contribution in [0.3, 0.4) is 0 Å². The average Bonchev–Trinajstić information content (AvgIpc) is 2.40. The van der Waals surface area contributed by atoms with Crippen LogP contribution in [0.15, 0.2) is 48.5 Å². The normalized spacial score (nSPS) is 10.4. The summed E-state index contributed by atoms with van der Waals surface area (Å²) in [5, 5.41) is 0. The Morgan fingerprint density at radius 1 is 1.00 bits per heavy atom. The first kappa shape index (κ1) is 12.7. The van der Waals surface area contributed by atoms with E-state index in [1.807, 2.05) is 0 Å². The van der Waals surface area contributed by atoms with E-state index in [-0.39, 0.29) is 0 Å². The molecule has 0 unspecified atom stereocenters. The van der Waals surface area contributed by atoms with Gasteiger partial charge in [0.15, 0.2) is 0 Å². The highest BCUT2D eigenvalue weighted by Crippen LogP contribution is 2.27. The number of nitrogens with zero attached hydrogens (tertiary/aromatic N) is 1. The first-order valence-corrected chi connectivity index (χ1v) is 6.30. The van der Waals surface area contributed by atoms with Crippen molar-refractivity contribution >= 4 is 11.4 Å². The third-order valence-corrected chi connectivity index (χ3v) is 3.19. The fraction of sp³-hybridized carbons (Fsp3) is 0.250. The average molecular weight is 240 g/mol. The summed E-state index contributed by atoms with van der Waals surface area (Å²) >= 11 is 0. The minimum absolute atomic E-state index is 0.679. The molecule has 0 aromatic heterocycles. The highest BCUT2D eigenvalue weighted by molar-refractivity contribution is 5.65. The maximum atomic E-state index is 5.67. The second-order valence-electron chi connectivity index (χ2n) is 4.56. The molecule has 0 bridgehead atoms. The van der Waals surface area contributed by atoms with Gasteiger partial charge in [-0.2, -0.15) is 0 Å². The molecular weight excluding hydrogens is 220 g/mol. The Labute approximate surface area is 109 Å². The Bertz CT molecular complexity index is 503. The second kappa shape index (κ2) is 5.69. The third kappa shape index (κ3) is 2.71. The number of anilines is 2. The van der Waals surface area contributed by atoms with Gasteiger partial charge >= 0.3 is 0 Å². The molecule has 2 aromatic carbocycles. The molecule has 0 radical (unpaired) electrons. The van der Waals surface area contributed by atoms with E-state index in [9.17, 15) is 0 Å². The maximum absolute atomic E-state index is 5.67. The molecule has 2 aromatic rings. The van der Waals surface area contributed by atoms with Crippen molar-refractivity contribution < 1.29 is 0 Å². The zero-order valence-corrected chi connectivity index (χ0v) is 11.1. The highest BCUT2D eigenvalue weighted by atomic mass is 15.1. The molecule has 2 N–H and O–H groups in total. The Morgan fingerprint density at radius 2 is 1.67 bits per heavy atom. The minimum Gasteiger partial charge on any atom is -0.344 e. The van der Waals surface area contributed by atoms with Crippen molar-refractivity contribution in [2.75, 3.05) is 18.5 Å². The van der Waals surface area contributed by atoms with Crippen LogP contribution in [-0.4, -0.2) is 13.6 Å². The van der Waals surface area contributed by atoms with Gasteiger partial charge in [-0.15, -0.1) is 0 Å². The number of rotatable bonds is 4. The second-order valence-corrected chi connectivity index (χ2v) is 4.56. The molecule has 2 rings (SSSR count). The van der Waals surface area contributed by atoms with E-state index in [1.165, 1.54) is 22.5 Å². The zero-order chi connectivity index (χ0) is 13.0. The molecule has 18 heavy (non-hydrogen) atoms. The highest BCUT2D eigenvalue weighted by Gasteiger charge is 2.07. The van der Waals surface area contributed by atoms with Crippen molar-refractivity contribution in [1.82, 2.24) is 0 Å². The summed E-state index contributed by atoms with van der Waals surface area (Å²) in [7, 11) is 2.10. The molecule has 2 nitrogen and oxygen atoms in total. The largest absolute Gasteiger partial charge is 0.344 e. The van der Waals surface area contributed by atoms with E-state index in [1.54, 1.807) is 0 Å². The Kier molecular flexibility index (Phi) is 4.00. The standard InChI is InChI=1S/C16H20N2/c1-13-7-9-15(10-8-13)18(2)16-6-4-3-5-14(16)11-12-17/h3-10H,11-12,17H2,1-2H3. The van der Waals surface area contributed by atoms with Gasteiger partial charge in [0, 0.05) is 18.4 Å². The quantitative estimate of drug-likeness (QED) is 0.888. The Morgan fingerprint density at radius 3 is 2.33 bits per heavy atom. The fourth-order valence-corrected chi connectivity index (χ4v) is 2.11. The van der Waals surface area contributed by atoms with Gasteiger partial charge in [-0.05, 0) is 43.7 Å². The van der Waals surface area contributed by atoms with Gasteiger partial charge in [-0.1, -0.05) is 35.9 Å². The molecule has 0 amide bonds. The lowest BCUT2D eigenvalue weighted by Crippen LogP contribution is -2.13. The first-order valence-electron chi connectivity index (χ1n) is 6.30. The topological polar surface area (TPSA) is 29.3 Å². The van der Waals surface area contributed by atoms with Crippen LogP contribution in [0.2, 0.25) is 0 Å². The minimum atomic E-state index is 0.679. The lowest BCUT2D eigenvalue weighted by molar-refractivity contribution is 0.961. The van der Waals surface area contributed by atoms with Gasteiger partial charge in [-0.3, -0.25) is 0 Å².